The number of methoxy groups -OCH3 is 1. The van der Waals surface area contributed by atoms with Gasteiger partial charge in [0.2, 0.25) is 5.76 Å². The van der Waals surface area contributed by atoms with Gasteiger partial charge in [0.15, 0.2) is 0 Å². The van der Waals surface area contributed by atoms with Crippen molar-refractivity contribution in [2.45, 2.75) is 26.3 Å². The maximum absolute atomic E-state index is 11.5. The Kier molecular flexibility index (Phi) is 5.20. The third kappa shape index (κ3) is 3.84. The molecule has 0 bridgehead atoms. The lowest BCUT2D eigenvalue weighted by molar-refractivity contribution is 0.0560. The van der Waals surface area contributed by atoms with Crippen molar-refractivity contribution >= 4 is 5.97 Å². The molecule has 0 unspecified atom stereocenters. The second kappa shape index (κ2) is 6.90. The van der Waals surface area contributed by atoms with Crippen molar-refractivity contribution < 1.29 is 13.9 Å². The fraction of sp³-hybridized carbons (Fsp3) is 0.667. The first-order valence-corrected chi connectivity index (χ1v) is 7.17. The monoisotopic (exact) mass is 280 g/mol. The topological polar surface area (TPSA) is 54.7 Å². The molecule has 20 heavy (non-hydrogen) atoms. The Morgan fingerprint density at radius 2 is 2.20 bits per heavy atom. The Hall–Kier alpha value is -1.33. The van der Waals surface area contributed by atoms with Crippen LogP contribution in [0.1, 0.15) is 34.7 Å². The number of ether oxygens (including phenoxy) is 1. The number of hydrogen-bond donors (Lipinski definition) is 1. The minimum Gasteiger partial charge on any atom is -0.463 e. The van der Waals surface area contributed by atoms with Gasteiger partial charge in [-0.15, -0.1) is 0 Å². The zero-order chi connectivity index (χ0) is 14.5. The largest absolute Gasteiger partial charge is 0.463 e. The first kappa shape index (κ1) is 15.1. The lowest BCUT2D eigenvalue weighted by Gasteiger charge is -2.27. The van der Waals surface area contributed by atoms with Crippen molar-refractivity contribution in [2.75, 3.05) is 33.8 Å². The summed E-state index contributed by atoms with van der Waals surface area (Å²) in [7, 11) is 3.46. The molecule has 0 aromatic carbocycles. The van der Waals surface area contributed by atoms with E-state index in [1.807, 2.05) is 13.0 Å². The molecule has 1 N–H and O–H groups in total. The van der Waals surface area contributed by atoms with Crippen molar-refractivity contribution in [3.8, 4) is 0 Å². The molecule has 1 aromatic heterocycles. The lowest BCUT2D eigenvalue weighted by atomic mass is 9.98. The Labute approximate surface area is 120 Å². The molecule has 1 saturated heterocycles. The SMILES string of the molecule is COC(=O)c1oc(CN(C)CC2CCNCC2)cc1C. The zero-order valence-corrected chi connectivity index (χ0v) is 12.6. The van der Waals surface area contributed by atoms with Gasteiger partial charge in [-0.2, -0.15) is 0 Å². The van der Waals surface area contributed by atoms with Gasteiger partial charge < -0.3 is 14.5 Å². The molecule has 112 valence electrons. The highest BCUT2D eigenvalue weighted by Crippen LogP contribution is 2.18. The minimum absolute atomic E-state index is 0.317. The molecule has 0 aliphatic carbocycles. The van der Waals surface area contributed by atoms with Crippen molar-refractivity contribution in [2.24, 2.45) is 5.92 Å². The van der Waals surface area contributed by atoms with Gasteiger partial charge in [-0.25, -0.2) is 4.79 Å². The van der Waals surface area contributed by atoms with Crippen LogP contribution in [0.3, 0.4) is 0 Å². The number of esters is 1. The van der Waals surface area contributed by atoms with Crippen LogP contribution in [0.15, 0.2) is 10.5 Å². The van der Waals surface area contributed by atoms with E-state index in [0.717, 1.165) is 43.4 Å². The number of nitrogens with zero attached hydrogens (tertiary/aromatic N) is 1. The fourth-order valence-electron chi connectivity index (χ4n) is 2.76. The van der Waals surface area contributed by atoms with Crippen LogP contribution in [0.25, 0.3) is 0 Å². The van der Waals surface area contributed by atoms with E-state index in [1.165, 1.54) is 20.0 Å². The van der Waals surface area contributed by atoms with Gasteiger partial charge >= 0.3 is 5.97 Å². The molecule has 5 heteroatoms. The van der Waals surface area contributed by atoms with Gasteiger partial charge in [0.05, 0.1) is 13.7 Å². The Bertz CT molecular complexity index is 450. The summed E-state index contributed by atoms with van der Waals surface area (Å²) < 4.78 is 10.3. The van der Waals surface area contributed by atoms with E-state index in [4.69, 9.17) is 9.15 Å². The van der Waals surface area contributed by atoms with Gasteiger partial charge in [-0.1, -0.05) is 0 Å². The molecule has 0 radical (unpaired) electrons. The number of aryl methyl sites for hydroxylation is 1. The molecule has 5 nitrogen and oxygen atoms in total. The smallest absolute Gasteiger partial charge is 0.374 e. The summed E-state index contributed by atoms with van der Waals surface area (Å²) >= 11 is 0. The first-order chi connectivity index (χ1) is 9.60. The minimum atomic E-state index is -0.408. The summed E-state index contributed by atoms with van der Waals surface area (Å²) in [5.41, 5.74) is 0.835. The molecule has 1 aliphatic rings. The normalized spacial score (nSPS) is 16.6. The Balaban J connectivity index is 1.90. The van der Waals surface area contributed by atoms with Gasteiger partial charge in [-0.05, 0) is 51.9 Å². The van der Waals surface area contributed by atoms with Crippen LogP contribution in [0.4, 0.5) is 0 Å². The van der Waals surface area contributed by atoms with E-state index < -0.39 is 5.97 Å². The first-order valence-electron chi connectivity index (χ1n) is 7.17. The number of carbonyl (C=O) groups excluding carboxylic acids is 1. The van der Waals surface area contributed by atoms with E-state index in [0.29, 0.717) is 5.76 Å². The maximum Gasteiger partial charge on any atom is 0.374 e. The van der Waals surface area contributed by atoms with E-state index in [1.54, 1.807) is 0 Å². The molecular weight excluding hydrogens is 256 g/mol. The third-order valence-corrected chi connectivity index (χ3v) is 3.79. The predicted octanol–water partition coefficient (Wildman–Crippen LogP) is 1.81. The number of nitrogens with one attached hydrogen (secondary N) is 1. The highest BCUT2D eigenvalue weighted by molar-refractivity contribution is 5.87. The van der Waals surface area contributed by atoms with Crippen LogP contribution in [-0.2, 0) is 11.3 Å². The summed E-state index contributed by atoms with van der Waals surface area (Å²) in [5, 5.41) is 3.38. The molecule has 2 rings (SSSR count). The van der Waals surface area contributed by atoms with Gasteiger partial charge in [-0.3, -0.25) is 4.90 Å². The summed E-state index contributed by atoms with van der Waals surface area (Å²) in [6, 6.07) is 1.92. The molecule has 0 spiro atoms. The highest BCUT2D eigenvalue weighted by Gasteiger charge is 2.19. The van der Waals surface area contributed by atoms with Crippen molar-refractivity contribution in [3.63, 3.8) is 0 Å². The third-order valence-electron chi connectivity index (χ3n) is 3.79. The van der Waals surface area contributed by atoms with Crippen molar-refractivity contribution in [3.05, 3.63) is 23.2 Å². The van der Waals surface area contributed by atoms with Crippen LogP contribution in [0.2, 0.25) is 0 Å². The Morgan fingerprint density at radius 1 is 1.50 bits per heavy atom. The molecule has 2 heterocycles. The number of carbonyl (C=O) groups is 1. The average Bonchev–Trinajstić information content (AvgIpc) is 2.79. The predicted molar refractivity (Wildman–Crippen MR) is 76.7 cm³/mol. The van der Waals surface area contributed by atoms with E-state index in [2.05, 4.69) is 17.3 Å². The quantitative estimate of drug-likeness (QED) is 0.834. The maximum atomic E-state index is 11.5. The number of hydrogen-bond acceptors (Lipinski definition) is 5. The summed E-state index contributed by atoms with van der Waals surface area (Å²) in [5.74, 6) is 1.48. The van der Waals surface area contributed by atoms with E-state index in [-0.39, 0.29) is 0 Å². The number of furan rings is 1. The van der Waals surface area contributed by atoms with Crippen LogP contribution < -0.4 is 5.32 Å². The fourth-order valence-corrected chi connectivity index (χ4v) is 2.76. The number of rotatable bonds is 5. The van der Waals surface area contributed by atoms with E-state index in [9.17, 15) is 4.79 Å². The second-order valence-electron chi connectivity index (χ2n) is 5.61. The zero-order valence-electron chi connectivity index (χ0n) is 12.6. The Morgan fingerprint density at radius 3 is 2.85 bits per heavy atom. The highest BCUT2D eigenvalue weighted by atomic mass is 16.5. The lowest BCUT2D eigenvalue weighted by Crippen LogP contribution is -2.34. The molecule has 1 fully saturated rings. The molecule has 0 atom stereocenters. The van der Waals surface area contributed by atoms with Crippen molar-refractivity contribution in [1.29, 1.82) is 0 Å². The molecule has 0 amide bonds. The standard InChI is InChI=1S/C15H24N2O3/c1-11-8-13(20-14(11)15(18)19-3)10-17(2)9-12-4-6-16-7-5-12/h8,12,16H,4-7,9-10H2,1-3H3. The van der Waals surface area contributed by atoms with Crippen LogP contribution >= 0.6 is 0 Å². The van der Waals surface area contributed by atoms with Gasteiger partial charge in [0.1, 0.15) is 5.76 Å². The van der Waals surface area contributed by atoms with E-state index >= 15 is 0 Å². The molecule has 1 aromatic rings. The van der Waals surface area contributed by atoms with Gasteiger partial charge in [0.25, 0.3) is 0 Å². The van der Waals surface area contributed by atoms with Gasteiger partial charge in [0, 0.05) is 12.1 Å². The average molecular weight is 280 g/mol. The van der Waals surface area contributed by atoms with Crippen LogP contribution in [0.5, 0.6) is 0 Å². The van der Waals surface area contributed by atoms with Crippen LogP contribution in [-0.4, -0.2) is 44.7 Å². The molecule has 0 saturated carbocycles. The van der Waals surface area contributed by atoms with Crippen LogP contribution in [0, 0.1) is 12.8 Å². The number of piperidine rings is 1. The summed E-state index contributed by atoms with van der Waals surface area (Å²) in [6.07, 6.45) is 2.46. The second-order valence-corrected chi connectivity index (χ2v) is 5.61. The summed E-state index contributed by atoms with van der Waals surface area (Å²) in [6.45, 7) is 5.89. The van der Waals surface area contributed by atoms with Crippen molar-refractivity contribution in [1.82, 2.24) is 10.2 Å². The molecule has 1 aliphatic heterocycles. The molecular formula is C15H24N2O3. The summed E-state index contributed by atoms with van der Waals surface area (Å²) in [4.78, 5) is 13.8.